The molecule has 2 aliphatic rings. The van der Waals surface area contributed by atoms with Crippen LogP contribution in [-0.4, -0.2) is 49.8 Å². The molecule has 0 saturated carbocycles. The van der Waals surface area contributed by atoms with Crippen LogP contribution in [0.15, 0.2) is 0 Å². The van der Waals surface area contributed by atoms with Gasteiger partial charge in [-0.2, -0.15) is 0 Å². The van der Waals surface area contributed by atoms with Gasteiger partial charge in [-0.25, -0.2) is 0 Å². The molecule has 2 heterocycles. The Balaban J connectivity index is 1.77. The van der Waals surface area contributed by atoms with Crippen LogP contribution >= 0.6 is 0 Å². The van der Waals surface area contributed by atoms with E-state index in [0.29, 0.717) is 17.5 Å². The van der Waals surface area contributed by atoms with Crippen LogP contribution in [0.5, 0.6) is 0 Å². The average molecular weight is 226 g/mol. The van der Waals surface area contributed by atoms with E-state index in [-0.39, 0.29) is 0 Å². The molecule has 0 aliphatic carbocycles. The summed E-state index contributed by atoms with van der Waals surface area (Å²) < 4.78 is 5.51. The molecule has 0 amide bonds. The van der Waals surface area contributed by atoms with Gasteiger partial charge >= 0.3 is 0 Å². The number of likely N-dealkylation sites (tertiary alicyclic amines) is 1. The standard InChI is InChI=1S/C13H26N2O/c1-11(8-12-9-16-7-5-14-12)15-6-4-13(2,3)10-15/h11-12,14H,4-10H2,1-3H3. The highest BCUT2D eigenvalue weighted by Crippen LogP contribution is 2.30. The third kappa shape index (κ3) is 3.19. The highest BCUT2D eigenvalue weighted by Gasteiger charge is 2.32. The highest BCUT2D eigenvalue weighted by atomic mass is 16.5. The molecular formula is C13H26N2O. The van der Waals surface area contributed by atoms with Crippen LogP contribution in [0.2, 0.25) is 0 Å². The monoisotopic (exact) mass is 226 g/mol. The van der Waals surface area contributed by atoms with Crippen LogP contribution in [0.25, 0.3) is 0 Å². The van der Waals surface area contributed by atoms with Gasteiger partial charge in [-0.3, -0.25) is 0 Å². The number of hydrogen-bond acceptors (Lipinski definition) is 3. The SMILES string of the molecule is CC(CC1COCCN1)N1CCC(C)(C)C1. The maximum atomic E-state index is 5.51. The van der Waals surface area contributed by atoms with E-state index in [0.717, 1.165) is 19.8 Å². The molecule has 3 heteroatoms. The maximum Gasteiger partial charge on any atom is 0.0620 e. The topological polar surface area (TPSA) is 24.5 Å². The number of morpholine rings is 1. The van der Waals surface area contributed by atoms with E-state index in [4.69, 9.17) is 4.74 Å². The van der Waals surface area contributed by atoms with Gasteiger partial charge in [-0.05, 0) is 31.7 Å². The fourth-order valence-electron chi connectivity index (χ4n) is 2.86. The maximum absolute atomic E-state index is 5.51. The van der Waals surface area contributed by atoms with Crippen molar-refractivity contribution in [3.63, 3.8) is 0 Å². The minimum absolute atomic E-state index is 0.519. The number of nitrogens with one attached hydrogen (secondary N) is 1. The molecule has 0 aromatic carbocycles. The molecule has 0 radical (unpaired) electrons. The largest absolute Gasteiger partial charge is 0.379 e. The number of rotatable bonds is 3. The van der Waals surface area contributed by atoms with Gasteiger partial charge in [0.15, 0.2) is 0 Å². The number of ether oxygens (including phenoxy) is 1. The lowest BCUT2D eigenvalue weighted by Crippen LogP contribution is -2.45. The second kappa shape index (κ2) is 5.03. The van der Waals surface area contributed by atoms with E-state index in [9.17, 15) is 0 Å². The summed E-state index contributed by atoms with van der Waals surface area (Å²) in [5.41, 5.74) is 0.519. The average Bonchev–Trinajstić information content (AvgIpc) is 2.60. The Morgan fingerprint density at radius 3 is 2.88 bits per heavy atom. The first-order chi connectivity index (χ1) is 7.57. The zero-order chi connectivity index (χ0) is 11.6. The van der Waals surface area contributed by atoms with Crippen LogP contribution in [0.4, 0.5) is 0 Å². The Bertz CT molecular complexity index is 224. The summed E-state index contributed by atoms with van der Waals surface area (Å²) in [5, 5.41) is 3.54. The molecule has 94 valence electrons. The molecule has 2 saturated heterocycles. The zero-order valence-corrected chi connectivity index (χ0v) is 11.0. The summed E-state index contributed by atoms with van der Waals surface area (Å²) in [4.78, 5) is 2.64. The van der Waals surface area contributed by atoms with Crippen molar-refractivity contribution in [2.24, 2.45) is 5.41 Å². The van der Waals surface area contributed by atoms with Crippen LogP contribution in [-0.2, 0) is 4.74 Å². The van der Waals surface area contributed by atoms with Gasteiger partial charge in [0.25, 0.3) is 0 Å². The van der Waals surface area contributed by atoms with Crippen molar-refractivity contribution in [1.82, 2.24) is 10.2 Å². The van der Waals surface area contributed by atoms with Gasteiger partial charge in [0, 0.05) is 25.2 Å². The Morgan fingerprint density at radius 1 is 1.50 bits per heavy atom. The molecule has 0 spiro atoms. The summed E-state index contributed by atoms with van der Waals surface area (Å²) in [7, 11) is 0. The van der Waals surface area contributed by atoms with Crippen molar-refractivity contribution >= 4 is 0 Å². The molecule has 2 rings (SSSR count). The zero-order valence-electron chi connectivity index (χ0n) is 11.0. The van der Waals surface area contributed by atoms with E-state index in [1.54, 1.807) is 0 Å². The first kappa shape index (κ1) is 12.3. The third-order valence-electron chi connectivity index (χ3n) is 3.95. The van der Waals surface area contributed by atoms with E-state index < -0.39 is 0 Å². The fourth-order valence-corrected chi connectivity index (χ4v) is 2.86. The summed E-state index contributed by atoms with van der Waals surface area (Å²) in [5.74, 6) is 0. The molecule has 16 heavy (non-hydrogen) atoms. The van der Waals surface area contributed by atoms with E-state index >= 15 is 0 Å². The lowest BCUT2D eigenvalue weighted by Gasteiger charge is -2.31. The molecule has 0 bridgehead atoms. The lowest BCUT2D eigenvalue weighted by atomic mass is 9.93. The molecule has 0 aromatic heterocycles. The van der Waals surface area contributed by atoms with Crippen molar-refractivity contribution in [2.75, 3.05) is 32.8 Å². The predicted octanol–water partition coefficient (Wildman–Crippen LogP) is 1.49. The number of nitrogens with zero attached hydrogens (tertiary/aromatic N) is 1. The van der Waals surface area contributed by atoms with E-state index in [1.165, 1.54) is 25.9 Å². The first-order valence-electron chi connectivity index (χ1n) is 6.62. The van der Waals surface area contributed by atoms with Crippen molar-refractivity contribution < 1.29 is 4.74 Å². The number of hydrogen-bond donors (Lipinski definition) is 1. The Morgan fingerprint density at radius 2 is 2.31 bits per heavy atom. The lowest BCUT2D eigenvalue weighted by molar-refractivity contribution is 0.0634. The Labute approximate surface area is 99.5 Å². The van der Waals surface area contributed by atoms with Gasteiger partial charge in [0.1, 0.15) is 0 Å². The summed E-state index contributed by atoms with van der Waals surface area (Å²) in [6.07, 6.45) is 2.56. The van der Waals surface area contributed by atoms with Crippen LogP contribution < -0.4 is 5.32 Å². The van der Waals surface area contributed by atoms with Crippen molar-refractivity contribution in [1.29, 1.82) is 0 Å². The van der Waals surface area contributed by atoms with Gasteiger partial charge < -0.3 is 15.0 Å². The van der Waals surface area contributed by atoms with Crippen LogP contribution in [0.3, 0.4) is 0 Å². The minimum atomic E-state index is 0.519. The molecule has 2 unspecified atom stereocenters. The molecule has 1 N–H and O–H groups in total. The predicted molar refractivity (Wildman–Crippen MR) is 66.7 cm³/mol. The highest BCUT2D eigenvalue weighted by molar-refractivity contribution is 4.87. The van der Waals surface area contributed by atoms with Gasteiger partial charge in [0.2, 0.25) is 0 Å². The smallest absolute Gasteiger partial charge is 0.0620 e. The van der Waals surface area contributed by atoms with Gasteiger partial charge in [-0.1, -0.05) is 13.8 Å². The van der Waals surface area contributed by atoms with E-state index in [2.05, 4.69) is 31.0 Å². The second-order valence-corrected chi connectivity index (χ2v) is 6.20. The minimum Gasteiger partial charge on any atom is -0.379 e. The Kier molecular flexibility index (Phi) is 3.88. The fraction of sp³-hybridized carbons (Fsp3) is 1.00. The quantitative estimate of drug-likeness (QED) is 0.789. The molecule has 0 aromatic rings. The first-order valence-corrected chi connectivity index (χ1v) is 6.62. The summed E-state index contributed by atoms with van der Waals surface area (Å²) in [6, 6.07) is 1.24. The van der Waals surface area contributed by atoms with Gasteiger partial charge in [0.05, 0.1) is 13.2 Å². The van der Waals surface area contributed by atoms with Gasteiger partial charge in [-0.15, -0.1) is 0 Å². The third-order valence-corrected chi connectivity index (χ3v) is 3.95. The summed E-state index contributed by atoms with van der Waals surface area (Å²) in [6.45, 7) is 12.4. The van der Waals surface area contributed by atoms with Crippen molar-refractivity contribution in [3.05, 3.63) is 0 Å². The molecule has 2 atom stereocenters. The molecule has 3 nitrogen and oxygen atoms in total. The molecule has 2 aliphatic heterocycles. The van der Waals surface area contributed by atoms with Crippen molar-refractivity contribution in [2.45, 2.75) is 45.7 Å². The molecule has 2 fully saturated rings. The second-order valence-electron chi connectivity index (χ2n) is 6.20. The van der Waals surface area contributed by atoms with Crippen LogP contribution in [0.1, 0.15) is 33.6 Å². The van der Waals surface area contributed by atoms with E-state index in [1.807, 2.05) is 0 Å². The molecular weight excluding hydrogens is 200 g/mol. The Hall–Kier alpha value is -0.120. The van der Waals surface area contributed by atoms with Crippen molar-refractivity contribution in [3.8, 4) is 0 Å². The normalized spacial score (nSPS) is 32.8. The summed E-state index contributed by atoms with van der Waals surface area (Å²) >= 11 is 0. The van der Waals surface area contributed by atoms with Crippen LogP contribution in [0, 0.1) is 5.41 Å².